The lowest BCUT2D eigenvalue weighted by Gasteiger charge is -2.16. The largest absolute Gasteiger partial charge is 0.459 e. The first kappa shape index (κ1) is 13.8. The van der Waals surface area contributed by atoms with Gasteiger partial charge in [0.15, 0.2) is 0 Å². The predicted octanol–water partition coefficient (Wildman–Crippen LogP) is 3.84. The van der Waals surface area contributed by atoms with Gasteiger partial charge in [0.2, 0.25) is 11.8 Å². The molecule has 5 nitrogen and oxygen atoms in total. The van der Waals surface area contributed by atoms with Gasteiger partial charge in [-0.3, -0.25) is 5.32 Å². The first-order valence-electron chi connectivity index (χ1n) is 7.10. The fourth-order valence-electron chi connectivity index (χ4n) is 2.62. The average molecular weight is 285 g/mol. The molecule has 110 valence electrons. The van der Waals surface area contributed by atoms with Gasteiger partial charge >= 0.3 is 0 Å². The Bertz CT molecular complexity index is 760. The minimum Gasteiger partial charge on any atom is -0.459 e. The number of benzene rings is 1. The Morgan fingerprint density at radius 3 is 2.43 bits per heavy atom. The molecule has 3 rings (SSSR count). The highest BCUT2D eigenvalue weighted by molar-refractivity contribution is 5.82. The molecule has 0 radical (unpaired) electrons. The number of nitrogens with one attached hydrogen (secondary N) is 1. The van der Waals surface area contributed by atoms with Crippen LogP contribution in [0.1, 0.15) is 49.0 Å². The summed E-state index contributed by atoms with van der Waals surface area (Å²) < 4.78 is 11.4. The summed E-state index contributed by atoms with van der Waals surface area (Å²) in [6.07, 6.45) is 0. The number of nitrogens with zero attached hydrogens (tertiary/aromatic N) is 2. The highest BCUT2D eigenvalue weighted by atomic mass is 16.4. The maximum absolute atomic E-state index is 5.97. The number of aryl methyl sites for hydroxylation is 2. The molecule has 2 atom stereocenters. The fourth-order valence-corrected chi connectivity index (χ4v) is 2.62. The molecular formula is C16H19N3O2. The van der Waals surface area contributed by atoms with Crippen LogP contribution in [-0.4, -0.2) is 10.2 Å². The summed E-state index contributed by atoms with van der Waals surface area (Å²) in [4.78, 5) is 0. The molecule has 0 aliphatic rings. The van der Waals surface area contributed by atoms with Crippen molar-refractivity contribution in [3.8, 4) is 0 Å². The van der Waals surface area contributed by atoms with Crippen LogP contribution in [0.2, 0.25) is 0 Å². The Labute approximate surface area is 123 Å². The summed E-state index contributed by atoms with van der Waals surface area (Å²) in [6.45, 7) is 7.95. The first-order valence-corrected chi connectivity index (χ1v) is 7.10. The van der Waals surface area contributed by atoms with Gasteiger partial charge in [0.25, 0.3) is 0 Å². The van der Waals surface area contributed by atoms with Gasteiger partial charge in [0.1, 0.15) is 11.3 Å². The summed E-state index contributed by atoms with van der Waals surface area (Å²) in [5.74, 6) is 2.11. The van der Waals surface area contributed by atoms with Gasteiger partial charge < -0.3 is 8.83 Å². The van der Waals surface area contributed by atoms with Gasteiger partial charge in [-0.2, -0.15) is 0 Å². The molecule has 5 heteroatoms. The van der Waals surface area contributed by atoms with Crippen molar-refractivity contribution in [3.63, 3.8) is 0 Å². The van der Waals surface area contributed by atoms with Crippen molar-refractivity contribution in [3.05, 3.63) is 47.4 Å². The molecule has 0 unspecified atom stereocenters. The Hall–Kier alpha value is -2.14. The number of aromatic nitrogens is 2. The first-order chi connectivity index (χ1) is 10.1. The number of hydrogen-bond donors (Lipinski definition) is 1. The highest BCUT2D eigenvalue weighted by Crippen LogP contribution is 2.30. The molecule has 0 saturated heterocycles. The topological polar surface area (TPSA) is 64.1 Å². The lowest BCUT2D eigenvalue weighted by molar-refractivity contribution is 0.356. The number of rotatable bonds is 4. The number of fused-ring (bicyclic) bond motifs is 1. The van der Waals surface area contributed by atoms with E-state index < -0.39 is 0 Å². The van der Waals surface area contributed by atoms with E-state index in [1.165, 1.54) is 5.56 Å². The van der Waals surface area contributed by atoms with Crippen molar-refractivity contribution in [2.75, 3.05) is 0 Å². The molecule has 0 bridgehead atoms. The third-order valence-corrected chi connectivity index (χ3v) is 3.69. The molecule has 0 saturated carbocycles. The minimum atomic E-state index is -0.0335. The van der Waals surface area contributed by atoms with Crippen molar-refractivity contribution in [1.82, 2.24) is 15.5 Å². The third-order valence-electron chi connectivity index (χ3n) is 3.69. The van der Waals surface area contributed by atoms with E-state index in [-0.39, 0.29) is 12.1 Å². The maximum atomic E-state index is 5.97. The third kappa shape index (κ3) is 2.56. The lowest BCUT2D eigenvalue weighted by Crippen LogP contribution is -2.22. The summed E-state index contributed by atoms with van der Waals surface area (Å²) in [5.41, 5.74) is 2.08. The van der Waals surface area contributed by atoms with E-state index in [2.05, 4.69) is 35.4 Å². The Morgan fingerprint density at radius 2 is 1.76 bits per heavy atom. The smallest absolute Gasteiger partial charge is 0.233 e. The summed E-state index contributed by atoms with van der Waals surface area (Å²) >= 11 is 0. The van der Waals surface area contributed by atoms with Crippen molar-refractivity contribution in [2.45, 2.75) is 39.8 Å². The standard InChI is InChI=1S/C16H19N3O2/c1-9-13-7-5-6-8-14(13)21-15(9)10(2)17-11(3)16-19-18-12(4)20-16/h5-8,10-11,17H,1-4H3/t10-,11-/m0/s1. The summed E-state index contributed by atoms with van der Waals surface area (Å²) in [7, 11) is 0. The van der Waals surface area contributed by atoms with Gasteiger partial charge in [-0.1, -0.05) is 18.2 Å². The van der Waals surface area contributed by atoms with E-state index in [4.69, 9.17) is 8.83 Å². The second-order valence-corrected chi connectivity index (χ2v) is 5.36. The van der Waals surface area contributed by atoms with E-state index in [9.17, 15) is 0 Å². The molecule has 0 aliphatic carbocycles. The van der Waals surface area contributed by atoms with Gasteiger partial charge in [0, 0.05) is 12.3 Å². The molecule has 0 spiro atoms. The molecule has 0 fully saturated rings. The van der Waals surface area contributed by atoms with E-state index in [1.54, 1.807) is 6.92 Å². The average Bonchev–Trinajstić information content (AvgIpc) is 3.04. The molecule has 3 aromatic rings. The van der Waals surface area contributed by atoms with Crippen LogP contribution in [-0.2, 0) is 0 Å². The zero-order valence-corrected chi connectivity index (χ0v) is 12.7. The highest BCUT2D eigenvalue weighted by Gasteiger charge is 2.20. The van der Waals surface area contributed by atoms with Gasteiger partial charge in [0.05, 0.1) is 12.1 Å². The van der Waals surface area contributed by atoms with Crippen molar-refractivity contribution >= 4 is 11.0 Å². The molecular weight excluding hydrogens is 266 g/mol. The molecule has 21 heavy (non-hydrogen) atoms. The zero-order valence-electron chi connectivity index (χ0n) is 12.7. The SMILES string of the molecule is Cc1nnc([C@H](C)N[C@@H](C)c2oc3ccccc3c2C)o1. The van der Waals surface area contributed by atoms with Crippen molar-refractivity contribution in [2.24, 2.45) is 0 Å². The second kappa shape index (κ2) is 5.33. The Kier molecular flexibility index (Phi) is 3.51. The van der Waals surface area contributed by atoms with Crippen LogP contribution >= 0.6 is 0 Å². The Balaban J connectivity index is 1.83. The van der Waals surface area contributed by atoms with E-state index in [0.29, 0.717) is 11.8 Å². The molecule has 2 aromatic heterocycles. The van der Waals surface area contributed by atoms with Crippen LogP contribution in [0.4, 0.5) is 0 Å². The van der Waals surface area contributed by atoms with Crippen LogP contribution < -0.4 is 5.32 Å². The molecule has 1 N–H and O–H groups in total. The summed E-state index contributed by atoms with van der Waals surface area (Å²) in [6, 6.07) is 8.10. The minimum absolute atomic E-state index is 0.0335. The van der Waals surface area contributed by atoms with Gasteiger partial charge in [-0.15, -0.1) is 10.2 Å². The fraction of sp³-hybridized carbons (Fsp3) is 0.375. The quantitative estimate of drug-likeness (QED) is 0.789. The van der Waals surface area contributed by atoms with E-state index in [1.807, 2.05) is 25.1 Å². The number of furan rings is 1. The van der Waals surface area contributed by atoms with Crippen molar-refractivity contribution < 1.29 is 8.83 Å². The van der Waals surface area contributed by atoms with E-state index >= 15 is 0 Å². The molecule has 2 heterocycles. The molecule has 1 aromatic carbocycles. The van der Waals surface area contributed by atoms with Crippen molar-refractivity contribution in [1.29, 1.82) is 0 Å². The lowest BCUT2D eigenvalue weighted by atomic mass is 10.1. The van der Waals surface area contributed by atoms with Crippen LogP contribution in [0.3, 0.4) is 0 Å². The van der Waals surface area contributed by atoms with Crippen LogP contribution in [0, 0.1) is 13.8 Å². The van der Waals surface area contributed by atoms with Crippen LogP contribution in [0.25, 0.3) is 11.0 Å². The Morgan fingerprint density at radius 1 is 1.00 bits per heavy atom. The van der Waals surface area contributed by atoms with Crippen LogP contribution in [0.15, 0.2) is 33.1 Å². The normalized spacial score (nSPS) is 14.5. The summed E-state index contributed by atoms with van der Waals surface area (Å²) in [5, 5.41) is 12.5. The predicted molar refractivity (Wildman–Crippen MR) is 80.0 cm³/mol. The van der Waals surface area contributed by atoms with Gasteiger partial charge in [-0.25, -0.2) is 0 Å². The molecule has 0 aliphatic heterocycles. The van der Waals surface area contributed by atoms with E-state index in [0.717, 1.165) is 16.7 Å². The number of para-hydroxylation sites is 1. The van der Waals surface area contributed by atoms with Gasteiger partial charge in [-0.05, 0) is 32.4 Å². The molecule has 0 amide bonds. The monoisotopic (exact) mass is 285 g/mol. The number of hydrogen-bond acceptors (Lipinski definition) is 5. The zero-order chi connectivity index (χ0) is 15.0. The van der Waals surface area contributed by atoms with Crippen LogP contribution in [0.5, 0.6) is 0 Å². The second-order valence-electron chi connectivity index (χ2n) is 5.36. The maximum Gasteiger partial charge on any atom is 0.233 e.